The van der Waals surface area contributed by atoms with E-state index in [1.165, 1.54) is 4.57 Å². The third-order valence-corrected chi connectivity index (χ3v) is 3.08. The van der Waals surface area contributed by atoms with E-state index in [4.69, 9.17) is 8.94 Å². The summed E-state index contributed by atoms with van der Waals surface area (Å²) in [5.74, 6) is 0.283. The maximum Gasteiger partial charge on any atom is 0.442 e. The number of nitrogens with zero attached hydrogens (tertiary/aromatic N) is 5. The van der Waals surface area contributed by atoms with E-state index in [1.807, 2.05) is 24.3 Å². The first-order chi connectivity index (χ1) is 10.8. The summed E-state index contributed by atoms with van der Waals surface area (Å²) in [5.41, 5.74) is 1.37. The molecule has 0 aliphatic rings. The molecule has 8 nitrogen and oxygen atoms in total. The SMILES string of the molecule is O=c1onc(-c2ncccn2)n1Cc1nc2ccccc2o1. The molecule has 0 aliphatic carbocycles. The molecule has 0 spiro atoms. The molecule has 22 heavy (non-hydrogen) atoms. The minimum absolute atomic E-state index is 0.0879. The lowest BCUT2D eigenvalue weighted by molar-refractivity contribution is 0.374. The number of rotatable bonds is 3. The van der Waals surface area contributed by atoms with Gasteiger partial charge in [-0.3, -0.25) is 4.52 Å². The maximum atomic E-state index is 11.8. The average Bonchev–Trinajstić information content (AvgIpc) is 3.12. The fraction of sp³-hybridized carbons (Fsp3) is 0.0714. The highest BCUT2D eigenvalue weighted by Crippen LogP contribution is 2.17. The van der Waals surface area contributed by atoms with Crippen LogP contribution in [0.5, 0.6) is 0 Å². The largest absolute Gasteiger partial charge is 0.442 e. The maximum absolute atomic E-state index is 11.8. The summed E-state index contributed by atoms with van der Waals surface area (Å²) in [7, 11) is 0. The summed E-state index contributed by atoms with van der Waals surface area (Å²) in [4.78, 5) is 24.3. The Balaban J connectivity index is 1.77. The van der Waals surface area contributed by atoms with Crippen molar-refractivity contribution in [2.45, 2.75) is 6.54 Å². The monoisotopic (exact) mass is 295 g/mol. The standard InChI is InChI=1S/C14H9N5O3/c20-14-19(13(18-22-14)12-15-6-3-7-16-12)8-11-17-9-4-1-2-5-10(9)21-11/h1-7H,8H2. The molecule has 0 saturated carbocycles. The van der Waals surface area contributed by atoms with E-state index >= 15 is 0 Å². The summed E-state index contributed by atoms with van der Waals surface area (Å²) >= 11 is 0. The second kappa shape index (κ2) is 4.92. The molecule has 4 aromatic rings. The van der Waals surface area contributed by atoms with Gasteiger partial charge in [-0.15, -0.1) is 0 Å². The minimum Gasteiger partial charge on any atom is -0.439 e. The number of para-hydroxylation sites is 2. The zero-order valence-corrected chi connectivity index (χ0v) is 11.2. The first kappa shape index (κ1) is 12.5. The van der Waals surface area contributed by atoms with Crippen molar-refractivity contribution in [3.8, 4) is 11.6 Å². The first-order valence-electron chi connectivity index (χ1n) is 6.49. The van der Waals surface area contributed by atoms with Gasteiger partial charge in [-0.1, -0.05) is 17.3 Å². The highest BCUT2D eigenvalue weighted by molar-refractivity contribution is 5.72. The molecule has 108 valence electrons. The second-order valence-corrected chi connectivity index (χ2v) is 4.51. The molecule has 1 aromatic carbocycles. The van der Waals surface area contributed by atoms with Gasteiger partial charge in [0.2, 0.25) is 11.7 Å². The highest BCUT2D eigenvalue weighted by atomic mass is 16.5. The smallest absolute Gasteiger partial charge is 0.439 e. The first-order valence-corrected chi connectivity index (χ1v) is 6.49. The van der Waals surface area contributed by atoms with E-state index < -0.39 is 5.76 Å². The van der Waals surface area contributed by atoms with Gasteiger partial charge in [0, 0.05) is 12.4 Å². The molecule has 0 radical (unpaired) electrons. The molecule has 3 aromatic heterocycles. The van der Waals surface area contributed by atoms with Crippen LogP contribution in [0.1, 0.15) is 5.89 Å². The molecule has 0 atom stereocenters. The van der Waals surface area contributed by atoms with Gasteiger partial charge < -0.3 is 4.42 Å². The third kappa shape index (κ3) is 2.06. The number of benzene rings is 1. The Morgan fingerprint density at radius 3 is 2.73 bits per heavy atom. The molecule has 8 heteroatoms. The molecule has 4 rings (SSSR count). The van der Waals surface area contributed by atoms with E-state index in [1.54, 1.807) is 18.5 Å². The van der Waals surface area contributed by atoms with Crippen molar-refractivity contribution in [2.24, 2.45) is 0 Å². The summed E-state index contributed by atoms with van der Waals surface area (Å²) in [5, 5.41) is 3.72. The van der Waals surface area contributed by atoms with Gasteiger partial charge in [0.15, 0.2) is 11.4 Å². The molecule has 0 saturated heterocycles. The van der Waals surface area contributed by atoms with Crippen molar-refractivity contribution in [3.63, 3.8) is 0 Å². The van der Waals surface area contributed by atoms with Crippen LogP contribution in [0.25, 0.3) is 22.7 Å². The van der Waals surface area contributed by atoms with Gasteiger partial charge in [-0.05, 0) is 18.2 Å². The third-order valence-electron chi connectivity index (χ3n) is 3.08. The van der Waals surface area contributed by atoms with Gasteiger partial charge in [-0.25, -0.2) is 24.3 Å². The van der Waals surface area contributed by atoms with E-state index in [0.717, 1.165) is 5.52 Å². The zero-order valence-electron chi connectivity index (χ0n) is 11.2. The van der Waals surface area contributed by atoms with Crippen molar-refractivity contribution in [1.82, 2.24) is 24.7 Å². The van der Waals surface area contributed by atoms with Crippen molar-refractivity contribution in [2.75, 3.05) is 0 Å². The molecule has 0 N–H and O–H groups in total. The van der Waals surface area contributed by atoms with Gasteiger partial charge in [0.25, 0.3) is 0 Å². The van der Waals surface area contributed by atoms with Gasteiger partial charge >= 0.3 is 5.76 Å². The zero-order chi connectivity index (χ0) is 14.9. The van der Waals surface area contributed by atoms with Crippen LogP contribution >= 0.6 is 0 Å². The predicted octanol–water partition coefficient (Wildman–Crippen LogP) is 1.48. The Labute approximate surface area is 123 Å². The van der Waals surface area contributed by atoms with Gasteiger partial charge in [0.1, 0.15) is 12.1 Å². The number of hydrogen-bond acceptors (Lipinski definition) is 7. The molecule has 0 unspecified atom stereocenters. The van der Waals surface area contributed by atoms with Crippen molar-refractivity contribution < 1.29 is 8.94 Å². The Kier molecular flexibility index (Phi) is 2.78. The Hall–Kier alpha value is -3.29. The van der Waals surface area contributed by atoms with E-state index in [0.29, 0.717) is 17.3 Å². The van der Waals surface area contributed by atoms with E-state index in [2.05, 4.69) is 20.1 Å². The van der Waals surface area contributed by atoms with E-state index in [9.17, 15) is 4.79 Å². The average molecular weight is 295 g/mol. The number of fused-ring (bicyclic) bond motifs is 1. The lowest BCUT2D eigenvalue weighted by Crippen LogP contribution is -2.17. The molecule has 0 bridgehead atoms. The summed E-state index contributed by atoms with van der Waals surface area (Å²) in [6.07, 6.45) is 3.12. The lowest BCUT2D eigenvalue weighted by Gasteiger charge is -1.99. The minimum atomic E-state index is -0.621. The van der Waals surface area contributed by atoms with Crippen LogP contribution in [0, 0.1) is 0 Å². The molecular formula is C14H9N5O3. The highest BCUT2D eigenvalue weighted by Gasteiger charge is 2.17. The van der Waals surface area contributed by atoms with Crippen LogP contribution in [-0.2, 0) is 6.54 Å². The molecule has 0 amide bonds. The molecular weight excluding hydrogens is 286 g/mol. The fourth-order valence-electron chi connectivity index (χ4n) is 2.11. The Bertz CT molecular complexity index is 953. The molecule has 0 aliphatic heterocycles. The van der Waals surface area contributed by atoms with Crippen LogP contribution in [0.3, 0.4) is 0 Å². The predicted molar refractivity (Wildman–Crippen MR) is 74.9 cm³/mol. The van der Waals surface area contributed by atoms with Crippen LogP contribution < -0.4 is 5.76 Å². The van der Waals surface area contributed by atoms with E-state index in [-0.39, 0.29) is 12.4 Å². The van der Waals surface area contributed by atoms with Crippen molar-refractivity contribution in [3.05, 3.63) is 59.2 Å². The van der Waals surface area contributed by atoms with Crippen LogP contribution in [0.2, 0.25) is 0 Å². The molecule has 0 fully saturated rings. The normalized spacial score (nSPS) is 11.1. The van der Waals surface area contributed by atoms with Crippen molar-refractivity contribution >= 4 is 11.1 Å². The summed E-state index contributed by atoms with van der Waals surface area (Å²) in [6.45, 7) is 0.0879. The molecule has 3 heterocycles. The number of hydrogen-bond donors (Lipinski definition) is 0. The number of oxazole rings is 1. The summed E-state index contributed by atoms with van der Waals surface area (Å²) in [6, 6.07) is 9.03. The lowest BCUT2D eigenvalue weighted by atomic mass is 10.3. The number of aromatic nitrogens is 5. The van der Waals surface area contributed by atoms with Gasteiger partial charge in [0.05, 0.1) is 0 Å². The van der Waals surface area contributed by atoms with Crippen LogP contribution in [0.15, 0.2) is 56.5 Å². The van der Waals surface area contributed by atoms with Crippen molar-refractivity contribution in [1.29, 1.82) is 0 Å². The quantitative estimate of drug-likeness (QED) is 0.564. The van der Waals surface area contributed by atoms with Crippen LogP contribution in [0.4, 0.5) is 0 Å². The van der Waals surface area contributed by atoms with Gasteiger partial charge in [-0.2, -0.15) is 0 Å². The topological polar surface area (TPSA) is 99.8 Å². The van der Waals surface area contributed by atoms with Crippen LogP contribution in [-0.4, -0.2) is 24.7 Å². The Morgan fingerprint density at radius 2 is 1.91 bits per heavy atom. The second-order valence-electron chi connectivity index (χ2n) is 4.51. The Morgan fingerprint density at radius 1 is 1.09 bits per heavy atom. The summed E-state index contributed by atoms with van der Waals surface area (Å²) < 4.78 is 11.6. The fourth-order valence-corrected chi connectivity index (χ4v) is 2.11.